The van der Waals surface area contributed by atoms with Crippen molar-refractivity contribution in [3.63, 3.8) is 0 Å². The Hall–Kier alpha value is -0.590. The molecule has 0 amide bonds. The maximum atomic E-state index is 9.69. The molecule has 0 aromatic rings. The number of ketones is 1. The van der Waals surface area contributed by atoms with Crippen molar-refractivity contribution in [2.24, 2.45) is 0 Å². The van der Waals surface area contributed by atoms with Gasteiger partial charge in [-0.3, -0.25) is 4.79 Å². The van der Waals surface area contributed by atoms with Gasteiger partial charge in [-0.2, -0.15) is 0 Å². The fraction of sp³-hybridized carbons (Fsp3) is 0.400. The summed E-state index contributed by atoms with van der Waals surface area (Å²) in [6.45, 7) is 4.68. The molecule has 0 radical (unpaired) electrons. The Morgan fingerprint density at radius 3 is 2.00 bits per heavy atom. The Labute approximate surface area is 38.7 Å². The molecule has 1 heteroatoms. The summed E-state index contributed by atoms with van der Waals surface area (Å²) in [7, 11) is 0. The first-order valence-corrected chi connectivity index (χ1v) is 1.40. The Morgan fingerprint density at radius 1 is 1.83 bits per heavy atom. The van der Waals surface area contributed by atoms with Crippen molar-refractivity contribution in [3.05, 3.63) is 12.7 Å². The predicted molar refractivity (Wildman–Crippen MR) is 27.6 cm³/mol. The van der Waals surface area contributed by atoms with Crippen molar-refractivity contribution >= 4 is 5.78 Å². The normalized spacial score (nSPS) is 5.50. The van der Waals surface area contributed by atoms with Gasteiger partial charge in [-0.25, -0.2) is 0 Å². The van der Waals surface area contributed by atoms with E-state index in [1.54, 1.807) is 0 Å². The molecule has 0 unspecified atom stereocenters. The minimum atomic E-state index is 0. The van der Waals surface area contributed by atoms with Gasteiger partial charge in [-0.1, -0.05) is 14.0 Å². The maximum Gasteiger partial charge on any atom is 0.152 e. The van der Waals surface area contributed by atoms with Crippen LogP contribution in [-0.2, 0) is 4.79 Å². The van der Waals surface area contributed by atoms with Crippen LogP contribution in [0.2, 0.25) is 0 Å². The highest BCUT2D eigenvalue weighted by Crippen LogP contribution is 1.60. The standard InChI is InChI=1S/C4H6O.CH4/c1-3-4(2)5;/h3H,1H2,2H3;1H4. The lowest BCUT2D eigenvalue weighted by atomic mass is 10.5. The highest BCUT2D eigenvalue weighted by atomic mass is 16.1. The number of rotatable bonds is 1. The topological polar surface area (TPSA) is 17.1 Å². The van der Waals surface area contributed by atoms with Crippen LogP contribution in [0.4, 0.5) is 0 Å². The van der Waals surface area contributed by atoms with Crippen molar-refractivity contribution < 1.29 is 4.79 Å². The van der Waals surface area contributed by atoms with E-state index >= 15 is 0 Å². The van der Waals surface area contributed by atoms with Gasteiger partial charge < -0.3 is 0 Å². The predicted octanol–water partition coefficient (Wildman–Crippen LogP) is 1.40. The molecule has 0 N–H and O–H groups in total. The van der Waals surface area contributed by atoms with Gasteiger partial charge >= 0.3 is 0 Å². The van der Waals surface area contributed by atoms with Crippen LogP contribution in [0.1, 0.15) is 14.4 Å². The van der Waals surface area contributed by atoms with E-state index in [4.69, 9.17) is 0 Å². The average Bonchev–Trinajstić information content (AvgIpc) is 1.38. The number of carbonyl (C=O) groups is 1. The smallest absolute Gasteiger partial charge is 0.152 e. The SMILES string of the molecule is C.C=CC(C)=O. The summed E-state index contributed by atoms with van der Waals surface area (Å²) in [5, 5.41) is 0. The fourth-order valence-corrected chi connectivity index (χ4v) is 0. The summed E-state index contributed by atoms with van der Waals surface area (Å²) in [5.41, 5.74) is 0. The largest absolute Gasteiger partial charge is 0.295 e. The second-order valence-electron chi connectivity index (χ2n) is 0.815. The van der Waals surface area contributed by atoms with Gasteiger partial charge in [0.25, 0.3) is 0 Å². The van der Waals surface area contributed by atoms with E-state index in [1.165, 1.54) is 13.0 Å². The lowest BCUT2D eigenvalue weighted by molar-refractivity contribution is -0.112. The molecule has 0 saturated carbocycles. The molecule has 0 rings (SSSR count). The molecular formula is C5H10O. The van der Waals surface area contributed by atoms with Gasteiger partial charge in [0.1, 0.15) is 0 Å². The van der Waals surface area contributed by atoms with Crippen molar-refractivity contribution in [2.45, 2.75) is 14.4 Å². The third-order valence-electron chi connectivity index (χ3n) is 0.287. The summed E-state index contributed by atoms with van der Waals surface area (Å²) in [5.74, 6) is 0.0185. The number of allylic oxidation sites excluding steroid dienone is 1. The quantitative estimate of drug-likeness (QED) is 0.441. The molecule has 0 aliphatic rings. The van der Waals surface area contributed by atoms with Gasteiger partial charge in [0.05, 0.1) is 0 Å². The minimum absolute atomic E-state index is 0. The Morgan fingerprint density at radius 2 is 2.00 bits per heavy atom. The first-order chi connectivity index (χ1) is 2.27. The molecule has 0 aliphatic carbocycles. The molecule has 0 saturated heterocycles. The molecule has 6 heavy (non-hydrogen) atoms. The van der Waals surface area contributed by atoms with E-state index in [2.05, 4.69) is 6.58 Å². The molecule has 0 spiro atoms. The van der Waals surface area contributed by atoms with E-state index in [0.717, 1.165) is 0 Å². The monoisotopic (exact) mass is 86.1 g/mol. The van der Waals surface area contributed by atoms with Crippen LogP contribution in [0.15, 0.2) is 12.7 Å². The van der Waals surface area contributed by atoms with E-state index < -0.39 is 0 Å². The molecule has 0 fully saturated rings. The molecule has 0 aromatic carbocycles. The summed E-state index contributed by atoms with van der Waals surface area (Å²) >= 11 is 0. The van der Waals surface area contributed by atoms with Gasteiger partial charge in [0.15, 0.2) is 5.78 Å². The van der Waals surface area contributed by atoms with Crippen LogP contribution in [0.3, 0.4) is 0 Å². The molecule has 0 heterocycles. The lowest BCUT2D eigenvalue weighted by Crippen LogP contribution is -1.74. The summed E-state index contributed by atoms with van der Waals surface area (Å²) in [4.78, 5) is 9.69. The van der Waals surface area contributed by atoms with Crippen molar-refractivity contribution in [1.82, 2.24) is 0 Å². The number of hydrogen-bond donors (Lipinski definition) is 0. The fourth-order valence-electron chi connectivity index (χ4n) is 0. The summed E-state index contributed by atoms with van der Waals surface area (Å²) < 4.78 is 0. The Kier molecular flexibility index (Phi) is 6.65. The molecule has 0 bridgehead atoms. The van der Waals surface area contributed by atoms with Crippen LogP contribution < -0.4 is 0 Å². The second kappa shape index (κ2) is 4.41. The maximum absolute atomic E-state index is 9.69. The summed E-state index contributed by atoms with van der Waals surface area (Å²) in [6.07, 6.45) is 1.28. The molecular weight excluding hydrogens is 76.1 g/mol. The van der Waals surface area contributed by atoms with Gasteiger partial charge in [-0.15, -0.1) is 0 Å². The number of carbonyl (C=O) groups excluding carboxylic acids is 1. The lowest BCUT2D eigenvalue weighted by Gasteiger charge is -1.62. The third-order valence-corrected chi connectivity index (χ3v) is 0.287. The van der Waals surface area contributed by atoms with Crippen LogP contribution in [0, 0.1) is 0 Å². The first kappa shape index (κ1) is 9.05. The Balaban J connectivity index is 0. The first-order valence-electron chi connectivity index (χ1n) is 1.40. The van der Waals surface area contributed by atoms with Gasteiger partial charge in [0, 0.05) is 0 Å². The van der Waals surface area contributed by atoms with E-state index in [-0.39, 0.29) is 13.2 Å². The third kappa shape index (κ3) is 9.96. The molecule has 0 atom stereocenters. The second-order valence-corrected chi connectivity index (χ2v) is 0.815. The van der Waals surface area contributed by atoms with E-state index in [9.17, 15) is 4.79 Å². The van der Waals surface area contributed by atoms with Crippen LogP contribution in [0.5, 0.6) is 0 Å². The average molecular weight is 86.1 g/mol. The zero-order valence-electron chi connectivity index (χ0n) is 3.19. The minimum Gasteiger partial charge on any atom is -0.295 e. The van der Waals surface area contributed by atoms with Gasteiger partial charge in [-0.05, 0) is 13.0 Å². The number of hydrogen-bond acceptors (Lipinski definition) is 1. The van der Waals surface area contributed by atoms with E-state index in [0.29, 0.717) is 0 Å². The van der Waals surface area contributed by atoms with E-state index in [1.807, 2.05) is 0 Å². The molecule has 1 nitrogen and oxygen atoms in total. The molecule has 36 valence electrons. The highest BCUT2D eigenvalue weighted by Gasteiger charge is 1.69. The zero-order chi connectivity index (χ0) is 4.28. The highest BCUT2D eigenvalue weighted by molar-refractivity contribution is 5.86. The van der Waals surface area contributed by atoms with Crippen LogP contribution in [-0.4, -0.2) is 5.78 Å². The van der Waals surface area contributed by atoms with Crippen LogP contribution >= 0.6 is 0 Å². The molecule has 0 aliphatic heterocycles. The van der Waals surface area contributed by atoms with Crippen molar-refractivity contribution in [1.29, 1.82) is 0 Å². The summed E-state index contributed by atoms with van der Waals surface area (Å²) in [6, 6.07) is 0. The zero-order valence-corrected chi connectivity index (χ0v) is 3.19. The van der Waals surface area contributed by atoms with Crippen molar-refractivity contribution in [3.8, 4) is 0 Å². The van der Waals surface area contributed by atoms with Crippen LogP contribution in [0.25, 0.3) is 0 Å². The Bertz CT molecular complexity index is 55.0. The van der Waals surface area contributed by atoms with Crippen molar-refractivity contribution in [2.75, 3.05) is 0 Å². The molecule has 0 aromatic heterocycles. The van der Waals surface area contributed by atoms with Gasteiger partial charge in [0.2, 0.25) is 0 Å².